The molecule has 0 amide bonds. The van der Waals surface area contributed by atoms with E-state index >= 15 is 0 Å². The second kappa shape index (κ2) is 2.46. The van der Waals surface area contributed by atoms with Crippen molar-refractivity contribution in [1.82, 2.24) is 0 Å². The summed E-state index contributed by atoms with van der Waals surface area (Å²) in [4.78, 5) is 0. The van der Waals surface area contributed by atoms with Gasteiger partial charge in [-0.1, -0.05) is 12.2 Å². The maximum absolute atomic E-state index is 10.5. The molecular weight excluding hydrogens is 180 g/mol. The molecule has 1 heterocycles. The standard InChI is InChI=1S/C11H12OS/c12-11(10-3-4-13-7-10)6-8-1-2-9(11)5-8/h1-4,7-9,12H,5-6H2. The summed E-state index contributed by atoms with van der Waals surface area (Å²) < 4.78 is 0. The molecule has 2 aliphatic rings. The molecule has 2 aliphatic carbocycles. The van der Waals surface area contributed by atoms with Gasteiger partial charge in [0.05, 0.1) is 5.60 Å². The molecule has 3 atom stereocenters. The minimum Gasteiger partial charge on any atom is -0.384 e. The quantitative estimate of drug-likeness (QED) is 0.678. The fraction of sp³-hybridized carbons (Fsp3) is 0.455. The Morgan fingerprint density at radius 2 is 2.38 bits per heavy atom. The van der Waals surface area contributed by atoms with Crippen LogP contribution < -0.4 is 0 Å². The van der Waals surface area contributed by atoms with Crippen LogP contribution in [0.15, 0.2) is 29.0 Å². The zero-order valence-electron chi connectivity index (χ0n) is 7.31. The number of aliphatic hydroxyl groups is 1. The molecule has 1 nitrogen and oxygen atoms in total. The first-order valence-corrected chi connectivity index (χ1v) is 5.67. The van der Waals surface area contributed by atoms with E-state index in [1.165, 1.54) is 0 Å². The number of hydrogen-bond donors (Lipinski definition) is 1. The van der Waals surface area contributed by atoms with Crippen LogP contribution in [0.3, 0.4) is 0 Å². The molecule has 68 valence electrons. The maximum atomic E-state index is 10.5. The van der Waals surface area contributed by atoms with Crippen LogP contribution in [-0.4, -0.2) is 5.11 Å². The highest BCUT2D eigenvalue weighted by Gasteiger charge is 2.48. The number of allylic oxidation sites excluding steroid dienone is 1. The molecule has 0 saturated heterocycles. The summed E-state index contributed by atoms with van der Waals surface area (Å²) in [6.07, 6.45) is 6.51. The van der Waals surface area contributed by atoms with Gasteiger partial charge in [-0.2, -0.15) is 11.3 Å². The zero-order chi connectivity index (χ0) is 8.89. The van der Waals surface area contributed by atoms with Crippen LogP contribution in [0.1, 0.15) is 18.4 Å². The Morgan fingerprint density at radius 1 is 1.46 bits per heavy atom. The Kier molecular flexibility index (Phi) is 1.47. The van der Waals surface area contributed by atoms with Gasteiger partial charge in [0.25, 0.3) is 0 Å². The summed E-state index contributed by atoms with van der Waals surface area (Å²) in [6, 6.07) is 2.05. The van der Waals surface area contributed by atoms with Gasteiger partial charge >= 0.3 is 0 Å². The summed E-state index contributed by atoms with van der Waals surface area (Å²) in [7, 11) is 0. The third-order valence-corrected chi connectivity index (χ3v) is 4.06. The summed E-state index contributed by atoms with van der Waals surface area (Å²) in [5.41, 5.74) is 0.578. The highest BCUT2D eigenvalue weighted by molar-refractivity contribution is 7.08. The Balaban J connectivity index is 2.03. The predicted octanol–water partition coefficient (Wildman–Crippen LogP) is 2.53. The Hall–Kier alpha value is -0.600. The molecule has 1 N–H and O–H groups in total. The first-order valence-electron chi connectivity index (χ1n) is 4.72. The van der Waals surface area contributed by atoms with Gasteiger partial charge in [0.2, 0.25) is 0 Å². The van der Waals surface area contributed by atoms with Gasteiger partial charge in [0.15, 0.2) is 0 Å². The van der Waals surface area contributed by atoms with Crippen molar-refractivity contribution in [2.24, 2.45) is 11.8 Å². The van der Waals surface area contributed by atoms with Crippen LogP contribution in [-0.2, 0) is 5.60 Å². The van der Waals surface area contributed by atoms with E-state index in [1.54, 1.807) is 11.3 Å². The van der Waals surface area contributed by atoms with Crippen LogP contribution in [0, 0.1) is 11.8 Å². The number of hydrogen-bond acceptors (Lipinski definition) is 2. The molecule has 1 fully saturated rings. The minimum absolute atomic E-state index is 0.368. The lowest BCUT2D eigenvalue weighted by Gasteiger charge is -2.29. The Morgan fingerprint density at radius 3 is 2.92 bits per heavy atom. The summed E-state index contributed by atoms with van der Waals surface area (Å²) in [6.45, 7) is 0. The van der Waals surface area contributed by atoms with Crippen LogP contribution in [0.25, 0.3) is 0 Å². The Bertz CT molecular complexity index is 341. The lowest BCUT2D eigenvalue weighted by Crippen LogP contribution is -2.29. The van der Waals surface area contributed by atoms with Gasteiger partial charge in [0.1, 0.15) is 0 Å². The first kappa shape index (κ1) is 7.77. The van der Waals surface area contributed by atoms with E-state index in [0.717, 1.165) is 18.4 Å². The molecule has 3 unspecified atom stereocenters. The van der Waals surface area contributed by atoms with Gasteiger partial charge in [-0.25, -0.2) is 0 Å². The summed E-state index contributed by atoms with van der Waals surface area (Å²) in [5, 5.41) is 14.6. The second-order valence-corrected chi connectivity index (χ2v) is 4.91. The number of thiophene rings is 1. The Labute approximate surface area is 81.7 Å². The minimum atomic E-state index is -0.542. The van der Waals surface area contributed by atoms with E-state index in [9.17, 15) is 5.11 Å². The van der Waals surface area contributed by atoms with Crippen molar-refractivity contribution in [2.75, 3.05) is 0 Å². The fourth-order valence-electron chi connectivity index (χ4n) is 2.67. The fourth-order valence-corrected chi connectivity index (χ4v) is 3.41. The maximum Gasteiger partial charge on any atom is 0.0972 e. The number of fused-ring (bicyclic) bond motifs is 2. The predicted molar refractivity (Wildman–Crippen MR) is 53.6 cm³/mol. The summed E-state index contributed by atoms with van der Waals surface area (Å²) >= 11 is 1.67. The van der Waals surface area contributed by atoms with Gasteiger partial charge in [-0.05, 0) is 41.1 Å². The van der Waals surface area contributed by atoms with Crippen molar-refractivity contribution in [3.63, 3.8) is 0 Å². The van der Waals surface area contributed by atoms with Gasteiger partial charge in [0, 0.05) is 5.92 Å². The van der Waals surface area contributed by atoms with Crippen LogP contribution in [0.5, 0.6) is 0 Å². The van der Waals surface area contributed by atoms with Gasteiger partial charge < -0.3 is 5.11 Å². The highest BCUT2D eigenvalue weighted by Crippen LogP contribution is 2.51. The van der Waals surface area contributed by atoms with Gasteiger partial charge in [-0.3, -0.25) is 0 Å². The van der Waals surface area contributed by atoms with E-state index in [1.807, 2.05) is 5.38 Å². The van der Waals surface area contributed by atoms with Crippen molar-refractivity contribution in [2.45, 2.75) is 18.4 Å². The molecule has 0 aromatic carbocycles. The van der Waals surface area contributed by atoms with Crippen molar-refractivity contribution in [1.29, 1.82) is 0 Å². The molecule has 1 saturated carbocycles. The second-order valence-electron chi connectivity index (χ2n) is 4.13. The van der Waals surface area contributed by atoms with Crippen molar-refractivity contribution in [3.8, 4) is 0 Å². The zero-order valence-corrected chi connectivity index (χ0v) is 8.13. The third kappa shape index (κ3) is 0.960. The molecule has 1 aromatic heterocycles. The molecule has 2 heteroatoms. The van der Waals surface area contributed by atoms with Crippen LogP contribution >= 0.6 is 11.3 Å². The molecule has 13 heavy (non-hydrogen) atoms. The van der Waals surface area contributed by atoms with E-state index in [2.05, 4.69) is 23.6 Å². The molecule has 0 spiro atoms. The van der Waals surface area contributed by atoms with Crippen molar-refractivity contribution >= 4 is 11.3 Å². The van der Waals surface area contributed by atoms with E-state index in [-0.39, 0.29) is 0 Å². The molecule has 0 aliphatic heterocycles. The first-order chi connectivity index (χ1) is 6.29. The van der Waals surface area contributed by atoms with Gasteiger partial charge in [-0.15, -0.1) is 0 Å². The number of rotatable bonds is 1. The molecule has 0 radical (unpaired) electrons. The smallest absolute Gasteiger partial charge is 0.0972 e. The topological polar surface area (TPSA) is 20.2 Å². The third-order valence-electron chi connectivity index (χ3n) is 3.38. The van der Waals surface area contributed by atoms with Crippen LogP contribution in [0.2, 0.25) is 0 Å². The lowest BCUT2D eigenvalue weighted by atomic mass is 9.83. The monoisotopic (exact) mass is 192 g/mol. The average Bonchev–Trinajstić information content (AvgIpc) is 2.79. The van der Waals surface area contributed by atoms with Crippen LogP contribution in [0.4, 0.5) is 0 Å². The largest absolute Gasteiger partial charge is 0.384 e. The molecule has 1 aromatic rings. The van der Waals surface area contributed by atoms with Crippen molar-refractivity contribution in [3.05, 3.63) is 34.5 Å². The van der Waals surface area contributed by atoms with E-state index < -0.39 is 5.60 Å². The molecule has 2 bridgehead atoms. The lowest BCUT2D eigenvalue weighted by molar-refractivity contribution is 0.0108. The SMILES string of the molecule is OC1(c2ccsc2)CC2C=CC1C2. The van der Waals surface area contributed by atoms with E-state index in [4.69, 9.17) is 0 Å². The van der Waals surface area contributed by atoms with Crippen molar-refractivity contribution < 1.29 is 5.11 Å². The average molecular weight is 192 g/mol. The molecule has 3 rings (SSSR count). The normalized spacial score (nSPS) is 41.6. The molecular formula is C11H12OS. The highest BCUT2D eigenvalue weighted by atomic mass is 32.1. The summed E-state index contributed by atoms with van der Waals surface area (Å²) in [5.74, 6) is 0.988. The van der Waals surface area contributed by atoms with E-state index in [0.29, 0.717) is 11.8 Å².